The van der Waals surface area contributed by atoms with Crippen LogP contribution in [0.3, 0.4) is 0 Å². The highest BCUT2D eigenvalue weighted by atomic mass is 16.5. The lowest BCUT2D eigenvalue weighted by atomic mass is 10.1. The summed E-state index contributed by atoms with van der Waals surface area (Å²) in [5, 5.41) is 4.56. The summed E-state index contributed by atoms with van der Waals surface area (Å²) in [5.74, 6) is 2.38. The van der Waals surface area contributed by atoms with E-state index in [9.17, 15) is 0 Å². The molecular weight excluding hydrogens is 350 g/mol. The minimum atomic E-state index is 0.536. The Morgan fingerprint density at radius 1 is 1.18 bits per heavy atom. The number of furan rings is 1. The lowest BCUT2D eigenvalue weighted by Gasteiger charge is -2.21. The van der Waals surface area contributed by atoms with Crippen molar-refractivity contribution in [1.82, 2.24) is 10.2 Å². The summed E-state index contributed by atoms with van der Waals surface area (Å²) in [6.07, 6.45) is 1.13. The monoisotopic (exact) mass is 377 g/mol. The zero-order valence-corrected chi connectivity index (χ0v) is 16.3. The van der Waals surface area contributed by atoms with Crippen molar-refractivity contribution in [2.45, 2.75) is 19.6 Å². The molecule has 1 atom stereocenters. The van der Waals surface area contributed by atoms with E-state index >= 15 is 0 Å². The number of ether oxygens (including phenoxy) is 1. The van der Waals surface area contributed by atoms with Gasteiger partial charge in [-0.05, 0) is 24.1 Å². The van der Waals surface area contributed by atoms with Crippen LogP contribution in [0.1, 0.15) is 17.7 Å². The van der Waals surface area contributed by atoms with Crippen LogP contribution >= 0.6 is 0 Å². The first-order valence-corrected chi connectivity index (χ1v) is 9.86. The van der Waals surface area contributed by atoms with E-state index in [-0.39, 0.29) is 0 Å². The summed E-state index contributed by atoms with van der Waals surface area (Å²) < 4.78 is 11.8. The molecule has 28 heavy (non-hydrogen) atoms. The molecule has 1 fully saturated rings. The molecule has 1 unspecified atom stereocenters. The van der Waals surface area contributed by atoms with Crippen LogP contribution in [0.15, 0.2) is 70.1 Å². The van der Waals surface area contributed by atoms with Crippen molar-refractivity contribution in [2.24, 2.45) is 10.9 Å². The predicted octanol–water partition coefficient (Wildman–Crippen LogP) is 4.05. The Kier molecular flexibility index (Phi) is 5.92. The summed E-state index contributed by atoms with van der Waals surface area (Å²) in [5.41, 5.74) is 2.15. The first-order valence-electron chi connectivity index (χ1n) is 9.86. The van der Waals surface area contributed by atoms with Crippen molar-refractivity contribution in [3.8, 4) is 0 Å². The number of nitrogens with one attached hydrogen (secondary N) is 1. The maximum Gasteiger partial charge on any atom is 0.194 e. The van der Waals surface area contributed by atoms with E-state index in [2.05, 4.69) is 39.5 Å². The quantitative estimate of drug-likeness (QED) is 0.520. The van der Waals surface area contributed by atoms with Gasteiger partial charge in [0.1, 0.15) is 11.3 Å². The van der Waals surface area contributed by atoms with Crippen LogP contribution in [0.25, 0.3) is 11.0 Å². The molecule has 1 aromatic heterocycles. The van der Waals surface area contributed by atoms with Crippen LogP contribution in [0.5, 0.6) is 0 Å². The van der Waals surface area contributed by atoms with Gasteiger partial charge in [-0.15, -0.1) is 0 Å². The predicted molar refractivity (Wildman–Crippen MR) is 112 cm³/mol. The molecule has 1 aliphatic rings. The summed E-state index contributed by atoms with van der Waals surface area (Å²) >= 11 is 0. The minimum absolute atomic E-state index is 0.536. The molecule has 0 saturated carbocycles. The lowest BCUT2D eigenvalue weighted by molar-refractivity contribution is 0.0906. The average molecular weight is 377 g/mol. The van der Waals surface area contributed by atoms with E-state index in [4.69, 9.17) is 9.15 Å². The van der Waals surface area contributed by atoms with Crippen molar-refractivity contribution >= 4 is 16.9 Å². The second-order valence-corrected chi connectivity index (χ2v) is 7.25. The highest BCUT2D eigenvalue weighted by molar-refractivity contribution is 5.81. The highest BCUT2D eigenvalue weighted by Crippen LogP contribution is 2.20. The zero-order valence-electron chi connectivity index (χ0n) is 16.3. The van der Waals surface area contributed by atoms with E-state index < -0.39 is 0 Å². The summed E-state index contributed by atoms with van der Waals surface area (Å²) in [4.78, 5) is 6.76. The Morgan fingerprint density at radius 2 is 2.00 bits per heavy atom. The largest absolute Gasteiger partial charge is 0.459 e. The van der Waals surface area contributed by atoms with Gasteiger partial charge in [0.15, 0.2) is 5.96 Å². The summed E-state index contributed by atoms with van der Waals surface area (Å²) in [6, 6.07) is 20.5. The third-order valence-electron chi connectivity index (χ3n) is 5.16. The SMILES string of the molecule is CN=C(NCc1cc2ccccc2o1)N1CCC(COCc2ccccc2)C1. The number of hydrogen-bond donors (Lipinski definition) is 1. The van der Waals surface area contributed by atoms with Crippen molar-refractivity contribution in [1.29, 1.82) is 0 Å². The molecule has 3 aromatic rings. The second kappa shape index (κ2) is 8.93. The normalized spacial score (nSPS) is 17.4. The Bertz CT molecular complexity index is 887. The Balaban J connectivity index is 1.25. The molecule has 0 aliphatic carbocycles. The molecule has 0 radical (unpaired) electrons. The lowest BCUT2D eigenvalue weighted by Crippen LogP contribution is -2.39. The van der Waals surface area contributed by atoms with Crippen LogP contribution in [0, 0.1) is 5.92 Å². The fourth-order valence-electron chi connectivity index (χ4n) is 3.70. The molecule has 1 N–H and O–H groups in total. The van der Waals surface area contributed by atoms with Gasteiger partial charge in [0, 0.05) is 31.4 Å². The number of rotatable bonds is 6. The van der Waals surface area contributed by atoms with Gasteiger partial charge in [0.05, 0.1) is 19.8 Å². The van der Waals surface area contributed by atoms with Gasteiger partial charge in [-0.1, -0.05) is 48.5 Å². The molecule has 5 nitrogen and oxygen atoms in total. The van der Waals surface area contributed by atoms with Gasteiger partial charge in [0.2, 0.25) is 0 Å². The molecule has 1 aliphatic heterocycles. The Morgan fingerprint density at radius 3 is 2.82 bits per heavy atom. The third-order valence-corrected chi connectivity index (χ3v) is 5.16. The van der Waals surface area contributed by atoms with E-state index in [0.717, 1.165) is 48.8 Å². The van der Waals surface area contributed by atoms with Gasteiger partial charge in [-0.25, -0.2) is 0 Å². The number of hydrogen-bond acceptors (Lipinski definition) is 3. The Hall–Kier alpha value is -2.79. The summed E-state index contributed by atoms with van der Waals surface area (Å²) in [6.45, 7) is 4.06. The van der Waals surface area contributed by atoms with Gasteiger partial charge >= 0.3 is 0 Å². The smallest absolute Gasteiger partial charge is 0.194 e. The van der Waals surface area contributed by atoms with Crippen molar-refractivity contribution in [3.05, 3.63) is 72.0 Å². The van der Waals surface area contributed by atoms with Crippen molar-refractivity contribution in [3.63, 3.8) is 0 Å². The van der Waals surface area contributed by atoms with Crippen LogP contribution in [0.4, 0.5) is 0 Å². The van der Waals surface area contributed by atoms with Crippen LogP contribution in [0.2, 0.25) is 0 Å². The number of benzene rings is 2. The van der Waals surface area contributed by atoms with E-state index in [1.165, 1.54) is 5.56 Å². The zero-order chi connectivity index (χ0) is 19.2. The number of fused-ring (bicyclic) bond motifs is 1. The molecule has 1 saturated heterocycles. The van der Waals surface area contributed by atoms with Gasteiger partial charge in [0.25, 0.3) is 0 Å². The standard InChI is InChI=1S/C23H27N3O2/c1-24-23(25-14-21-13-20-9-5-6-10-22(20)28-21)26-12-11-19(15-26)17-27-16-18-7-3-2-4-8-18/h2-10,13,19H,11-12,14-17H2,1H3,(H,24,25). The molecule has 146 valence electrons. The fraction of sp³-hybridized carbons (Fsp3) is 0.348. The Labute approximate surface area is 166 Å². The second-order valence-electron chi connectivity index (χ2n) is 7.25. The topological polar surface area (TPSA) is 50.0 Å². The van der Waals surface area contributed by atoms with Crippen LogP contribution in [-0.2, 0) is 17.9 Å². The minimum Gasteiger partial charge on any atom is -0.459 e. The third kappa shape index (κ3) is 4.54. The first-order chi connectivity index (χ1) is 13.8. The molecule has 0 spiro atoms. The van der Waals surface area contributed by atoms with Gasteiger partial charge < -0.3 is 19.4 Å². The van der Waals surface area contributed by atoms with Crippen molar-refractivity contribution < 1.29 is 9.15 Å². The van der Waals surface area contributed by atoms with E-state index in [0.29, 0.717) is 19.1 Å². The van der Waals surface area contributed by atoms with Gasteiger partial charge in [-0.2, -0.15) is 0 Å². The fourth-order valence-corrected chi connectivity index (χ4v) is 3.70. The maximum atomic E-state index is 5.93. The van der Waals surface area contributed by atoms with Gasteiger partial charge in [-0.3, -0.25) is 4.99 Å². The molecule has 2 aromatic carbocycles. The number of likely N-dealkylation sites (tertiary alicyclic amines) is 1. The number of nitrogens with zero attached hydrogens (tertiary/aromatic N) is 2. The van der Waals surface area contributed by atoms with E-state index in [1.54, 1.807) is 0 Å². The number of guanidine groups is 1. The average Bonchev–Trinajstić information content (AvgIpc) is 3.36. The molecule has 0 amide bonds. The van der Waals surface area contributed by atoms with E-state index in [1.807, 2.05) is 43.4 Å². The summed E-state index contributed by atoms with van der Waals surface area (Å²) in [7, 11) is 1.83. The molecule has 4 rings (SSSR count). The number of aliphatic imine (C=N–C) groups is 1. The molecular formula is C23H27N3O2. The molecule has 2 heterocycles. The highest BCUT2D eigenvalue weighted by Gasteiger charge is 2.25. The van der Waals surface area contributed by atoms with Crippen LogP contribution in [-0.4, -0.2) is 37.6 Å². The number of para-hydroxylation sites is 1. The molecule has 0 bridgehead atoms. The van der Waals surface area contributed by atoms with Crippen molar-refractivity contribution in [2.75, 3.05) is 26.7 Å². The molecule has 5 heteroatoms. The van der Waals surface area contributed by atoms with Crippen LogP contribution < -0.4 is 5.32 Å². The first kappa shape index (κ1) is 18.6. The maximum absolute atomic E-state index is 5.93.